The van der Waals surface area contributed by atoms with Gasteiger partial charge in [0.25, 0.3) is 0 Å². The van der Waals surface area contributed by atoms with Crippen molar-refractivity contribution < 1.29 is 0 Å². The normalized spacial score (nSPS) is 15.6. The Morgan fingerprint density at radius 2 is 2.14 bits per heavy atom. The molecule has 2 rings (SSSR count). The van der Waals surface area contributed by atoms with E-state index in [0.717, 1.165) is 18.0 Å². The minimum absolute atomic E-state index is 1.03. The first-order valence-corrected chi connectivity index (χ1v) is 6.46. The standard InChI is InChI=1S/C11H16ClNS/c1-13-7-6-10-11(12)8-4-2-3-5-9(8)14-10/h13H,2-7H2,1H3. The number of aryl methyl sites for hydroxylation is 1. The van der Waals surface area contributed by atoms with Crippen LogP contribution in [0.25, 0.3) is 0 Å². The Morgan fingerprint density at radius 3 is 2.86 bits per heavy atom. The maximum atomic E-state index is 6.36. The van der Waals surface area contributed by atoms with Gasteiger partial charge in [-0.1, -0.05) is 11.6 Å². The van der Waals surface area contributed by atoms with E-state index in [0.29, 0.717) is 0 Å². The number of hydrogen-bond acceptors (Lipinski definition) is 2. The highest BCUT2D eigenvalue weighted by Gasteiger charge is 2.18. The number of rotatable bonds is 3. The topological polar surface area (TPSA) is 12.0 Å². The molecule has 0 spiro atoms. The van der Waals surface area contributed by atoms with Crippen LogP contribution < -0.4 is 5.32 Å². The van der Waals surface area contributed by atoms with E-state index < -0.39 is 0 Å². The van der Waals surface area contributed by atoms with Crippen molar-refractivity contribution in [2.75, 3.05) is 13.6 Å². The Kier molecular flexibility index (Phi) is 3.47. The summed E-state index contributed by atoms with van der Waals surface area (Å²) in [7, 11) is 1.99. The molecular weight excluding hydrogens is 214 g/mol. The maximum Gasteiger partial charge on any atom is 0.0580 e. The highest BCUT2D eigenvalue weighted by molar-refractivity contribution is 7.12. The Bertz CT molecular complexity index is 319. The van der Waals surface area contributed by atoms with Crippen LogP contribution in [-0.2, 0) is 19.3 Å². The Hall–Kier alpha value is -0.0500. The van der Waals surface area contributed by atoms with E-state index in [1.54, 1.807) is 4.88 Å². The summed E-state index contributed by atoms with van der Waals surface area (Å²) in [6.45, 7) is 1.03. The molecule has 1 aromatic heterocycles. The SMILES string of the molecule is CNCCc1sc2c(c1Cl)CCCC2. The smallest absolute Gasteiger partial charge is 0.0580 e. The molecule has 0 aromatic carbocycles. The molecule has 78 valence electrons. The summed E-state index contributed by atoms with van der Waals surface area (Å²) >= 11 is 8.29. The maximum absolute atomic E-state index is 6.36. The van der Waals surface area contributed by atoms with E-state index in [1.807, 2.05) is 18.4 Å². The highest BCUT2D eigenvalue weighted by Crippen LogP contribution is 2.37. The summed E-state index contributed by atoms with van der Waals surface area (Å²) in [6, 6.07) is 0. The number of thiophene rings is 1. The van der Waals surface area contributed by atoms with Gasteiger partial charge in [0.05, 0.1) is 5.02 Å². The van der Waals surface area contributed by atoms with Gasteiger partial charge in [0.15, 0.2) is 0 Å². The van der Waals surface area contributed by atoms with Crippen molar-refractivity contribution >= 4 is 22.9 Å². The van der Waals surface area contributed by atoms with Crippen LogP contribution in [0.4, 0.5) is 0 Å². The Morgan fingerprint density at radius 1 is 1.36 bits per heavy atom. The van der Waals surface area contributed by atoms with Crippen LogP contribution in [0.3, 0.4) is 0 Å². The third-order valence-corrected chi connectivity index (χ3v) is 4.70. The second-order valence-corrected chi connectivity index (χ2v) is 5.37. The van der Waals surface area contributed by atoms with Crippen LogP contribution >= 0.6 is 22.9 Å². The van der Waals surface area contributed by atoms with E-state index in [2.05, 4.69) is 5.32 Å². The number of nitrogens with one attached hydrogen (secondary N) is 1. The largest absolute Gasteiger partial charge is 0.319 e. The van der Waals surface area contributed by atoms with Crippen LogP contribution in [0.1, 0.15) is 28.2 Å². The van der Waals surface area contributed by atoms with E-state index in [1.165, 1.54) is 36.1 Å². The lowest BCUT2D eigenvalue weighted by Crippen LogP contribution is -2.09. The van der Waals surface area contributed by atoms with Gasteiger partial charge in [-0.05, 0) is 51.3 Å². The first-order chi connectivity index (χ1) is 6.83. The van der Waals surface area contributed by atoms with E-state index in [9.17, 15) is 0 Å². The fraction of sp³-hybridized carbons (Fsp3) is 0.636. The summed E-state index contributed by atoms with van der Waals surface area (Å²) in [5.41, 5.74) is 1.45. The second-order valence-electron chi connectivity index (χ2n) is 3.80. The van der Waals surface area contributed by atoms with Crippen molar-refractivity contribution in [3.63, 3.8) is 0 Å². The lowest BCUT2D eigenvalue weighted by molar-refractivity contribution is 0.697. The molecule has 0 aliphatic heterocycles. The zero-order valence-electron chi connectivity index (χ0n) is 8.53. The van der Waals surface area contributed by atoms with Crippen molar-refractivity contribution in [2.45, 2.75) is 32.1 Å². The van der Waals surface area contributed by atoms with Gasteiger partial charge in [0.2, 0.25) is 0 Å². The molecule has 1 nitrogen and oxygen atoms in total. The van der Waals surface area contributed by atoms with Gasteiger partial charge in [0, 0.05) is 9.75 Å². The van der Waals surface area contributed by atoms with Crippen molar-refractivity contribution in [1.82, 2.24) is 5.32 Å². The first kappa shape index (κ1) is 10.5. The lowest BCUT2D eigenvalue weighted by Gasteiger charge is -2.09. The van der Waals surface area contributed by atoms with Gasteiger partial charge in [0.1, 0.15) is 0 Å². The van der Waals surface area contributed by atoms with Crippen molar-refractivity contribution in [3.05, 3.63) is 20.3 Å². The monoisotopic (exact) mass is 229 g/mol. The molecule has 1 aliphatic rings. The molecule has 14 heavy (non-hydrogen) atoms. The van der Waals surface area contributed by atoms with Crippen molar-refractivity contribution in [3.8, 4) is 0 Å². The lowest BCUT2D eigenvalue weighted by atomic mass is 9.99. The molecule has 1 aliphatic carbocycles. The quantitative estimate of drug-likeness (QED) is 0.840. The summed E-state index contributed by atoms with van der Waals surface area (Å²) in [5, 5.41) is 4.24. The summed E-state index contributed by atoms with van der Waals surface area (Å²) in [5.74, 6) is 0. The Labute approximate surface area is 94.5 Å². The number of halogens is 1. The fourth-order valence-corrected chi connectivity index (χ4v) is 3.75. The molecule has 0 unspecified atom stereocenters. The van der Waals surface area contributed by atoms with Crippen LogP contribution in [0, 0.1) is 0 Å². The molecular formula is C11H16ClNS. The minimum atomic E-state index is 1.03. The molecule has 0 saturated carbocycles. The predicted molar refractivity (Wildman–Crippen MR) is 63.6 cm³/mol. The molecule has 0 radical (unpaired) electrons. The number of fused-ring (bicyclic) bond motifs is 1. The van der Waals surface area contributed by atoms with Crippen LogP contribution in [-0.4, -0.2) is 13.6 Å². The number of hydrogen-bond donors (Lipinski definition) is 1. The Balaban J connectivity index is 2.20. The summed E-state index contributed by atoms with van der Waals surface area (Å²) in [4.78, 5) is 2.93. The molecule has 0 saturated heterocycles. The van der Waals surface area contributed by atoms with Gasteiger partial charge in [-0.3, -0.25) is 0 Å². The molecule has 0 atom stereocenters. The third kappa shape index (κ3) is 1.97. The molecule has 3 heteroatoms. The van der Waals surface area contributed by atoms with Gasteiger partial charge >= 0.3 is 0 Å². The van der Waals surface area contributed by atoms with Crippen molar-refractivity contribution in [1.29, 1.82) is 0 Å². The first-order valence-electron chi connectivity index (χ1n) is 5.26. The molecule has 1 aromatic rings. The van der Waals surface area contributed by atoms with Gasteiger partial charge in [-0.2, -0.15) is 0 Å². The van der Waals surface area contributed by atoms with Crippen molar-refractivity contribution in [2.24, 2.45) is 0 Å². The summed E-state index contributed by atoms with van der Waals surface area (Å²) < 4.78 is 0. The third-order valence-electron chi connectivity index (χ3n) is 2.78. The fourth-order valence-electron chi connectivity index (χ4n) is 1.98. The second kappa shape index (κ2) is 4.65. The zero-order valence-corrected chi connectivity index (χ0v) is 10.1. The molecule has 1 N–H and O–H groups in total. The van der Waals surface area contributed by atoms with Gasteiger partial charge in [-0.25, -0.2) is 0 Å². The average molecular weight is 230 g/mol. The van der Waals surface area contributed by atoms with Crippen LogP contribution in [0.15, 0.2) is 0 Å². The highest BCUT2D eigenvalue weighted by atomic mass is 35.5. The van der Waals surface area contributed by atoms with Crippen LogP contribution in [0.5, 0.6) is 0 Å². The molecule has 0 amide bonds. The molecule has 0 bridgehead atoms. The molecule has 0 fully saturated rings. The number of likely N-dealkylation sites (N-methyl/N-ethyl adjacent to an activating group) is 1. The summed E-state index contributed by atoms with van der Waals surface area (Å²) in [6.07, 6.45) is 6.18. The molecule has 1 heterocycles. The van der Waals surface area contributed by atoms with Gasteiger partial charge < -0.3 is 5.32 Å². The minimum Gasteiger partial charge on any atom is -0.319 e. The van der Waals surface area contributed by atoms with E-state index in [-0.39, 0.29) is 0 Å². The van der Waals surface area contributed by atoms with Gasteiger partial charge in [-0.15, -0.1) is 11.3 Å². The van der Waals surface area contributed by atoms with Crippen LogP contribution in [0.2, 0.25) is 5.02 Å². The van der Waals surface area contributed by atoms with E-state index >= 15 is 0 Å². The average Bonchev–Trinajstić information content (AvgIpc) is 2.54. The van der Waals surface area contributed by atoms with E-state index in [4.69, 9.17) is 11.6 Å². The zero-order chi connectivity index (χ0) is 9.97. The predicted octanol–water partition coefficient (Wildman–Crippen LogP) is 3.04.